The van der Waals surface area contributed by atoms with Crippen LogP contribution in [0.25, 0.3) is 0 Å². The van der Waals surface area contributed by atoms with Gasteiger partial charge >= 0.3 is 0 Å². The molecule has 0 unspecified atom stereocenters. The number of hydrogen-bond donors (Lipinski definition) is 1. The van der Waals surface area contributed by atoms with E-state index in [2.05, 4.69) is 26.1 Å². The molecule has 0 radical (unpaired) electrons. The summed E-state index contributed by atoms with van der Waals surface area (Å²) in [6.45, 7) is 9.99. The minimum absolute atomic E-state index is 0.0966. The van der Waals surface area contributed by atoms with Gasteiger partial charge in [-0.25, -0.2) is 8.42 Å². The number of halogens is 1. The van der Waals surface area contributed by atoms with E-state index in [4.69, 9.17) is 11.6 Å². The highest BCUT2D eigenvalue weighted by atomic mass is 35.5. The van der Waals surface area contributed by atoms with E-state index in [1.807, 2.05) is 26.0 Å². The molecule has 0 spiro atoms. The van der Waals surface area contributed by atoms with Crippen LogP contribution in [0.4, 0.5) is 5.69 Å². The Hall–Kier alpha value is -2.58. The first-order chi connectivity index (χ1) is 16.3. The molecular weight excluding hydrogens is 486 g/mol. The Bertz CT molecular complexity index is 1110. The number of carbonyl (C=O) groups is 2. The zero-order chi connectivity index (χ0) is 26.4. The van der Waals surface area contributed by atoms with Crippen molar-refractivity contribution in [3.63, 3.8) is 0 Å². The number of nitrogens with one attached hydrogen (secondary N) is 1. The lowest BCUT2D eigenvalue weighted by atomic mass is 9.87. The van der Waals surface area contributed by atoms with Crippen LogP contribution in [0, 0.1) is 0 Å². The first kappa shape index (κ1) is 28.7. The van der Waals surface area contributed by atoms with Gasteiger partial charge in [-0.05, 0) is 54.2 Å². The van der Waals surface area contributed by atoms with Gasteiger partial charge in [0, 0.05) is 18.1 Å². The van der Waals surface area contributed by atoms with E-state index >= 15 is 0 Å². The predicted octanol–water partition coefficient (Wildman–Crippen LogP) is 4.35. The van der Waals surface area contributed by atoms with Crippen molar-refractivity contribution in [2.75, 3.05) is 23.7 Å². The van der Waals surface area contributed by atoms with Crippen molar-refractivity contribution < 1.29 is 18.0 Å². The standard InChI is InChI=1S/C26H36ClN3O4S/c1-7-23(25(32)28-8-2)29(17-19-9-13-21(27)14-10-19)24(31)18-30(35(6,33)34)22-15-11-20(12-16-22)26(3,4)5/h9-16,23H,7-8,17-18H2,1-6H3,(H,28,32)/t23-/m1/s1. The molecule has 0 saturated carbocycles. The molecule has 7 nitrogen and oxygen atoms in total. The van der Waals surface area contributed by atoms with Crippen molar-refractivity contribution in [1.29, 1.82) is 0 Å². The van der Waals surface area contributed by atoms with E-state index in [1.54, 1.807) is 36.4 Å². The molecule has 2 rings (SSSR count). The van der Waals surface area contributed by atoms with Crippen molar-refractivity contribution in [2.24, 2.45) is 0 Å². The topological polar surface area (TPSA) is 86.8 Å². The quantitative estimate of drug-likeness (QED) is 0.503. The van der Waals surface area contributed by atoms with Gasteiger partial charge in [0.1, 0.15) is 12.6 Å². The number of rotatable bonds is 10. The van der Waals surface area contributed by atoms with Gasteiger partial charge in [-0.3, -0.25) is 13.9 Å². The zero-order valence-corrected chi connectivity index (χ0v) is 22.9. The summed E-state index contributed by atoms with van der Waals surface area (Å²) in [6.07, 6.45) is 1.45. The highest BCUT2D eigenvalue weighted by molar-refractivity contribution is 7.92. The van der Waals surface area contributed by atoms with Crippen LogP contribution in [-0.4, -0.2) is 50.5 Å². The monoisotopic (exact) mass is 521 g/mol. The van der Waals surface area contributed by atoms with Crippen LogP contribution in [0.2, 0.25) is 5.02 Å². The Kier molecular flexibility index (Phi) is 9.75. The molecule has 0 saturated heterocycles. The Morgan fingerprint density at radius 1 is 1.00 bits per heavy atom. The normalized spacial score (nSPS) is 12.7. The second kappa shape index (κ2) is 11.9. The molecule has 0 aromatic heterocycles. The van der Waals surface area contributed by atoms with E-state index in [0.29, 0.717) is 23.7 Å². The average molecular weight is 522 g/mol. The van der Waals surface area contributed by atoms with Gasteiger partial charge in [-0.1, -0.05) is 63.6 Å². The van der Waals surface area contributed by atoms with Gasteiger partial charge in [0.2, 0.25) is 21.8 Å². The molecule has 0 aliphatic rings. The first-order valence-electron chi connectivity index (χ1n) is 11.7. The third-order valence-electron chi connectivity index (χ3n) is 5.70. The molecule has 2 amide bonds. The van der Waals surface area contributed by atoms with E-state index in [1.165, 1.54) is 4.90 Å². The van der Waals surface area contributed by atoms with Gasteiger partial charge in [-0.2, -0.15) is 0 Å². The Labute approximate surface area is 214 Å². The maximum atomic E-state index is 13.6. The summed E-state index contributed by atoms with van der Waals surface area (Å²) in [4.78, 5) is 27.8. The number of nitrogens with zero attached hydrogens (tertiary/aromatic N) is 2. The van der Waals surface area contributed by atoms with Crippen molar-refractivity contribution in [2.45, 2.75) is 59.0 Å². The van der Waals surface area contributed by atoms with Gasteiger partial charge in [0.25, 0.3) is 0 Å². The molecular formula is C26H36ClN3O4S. The Morgan fingerprint density at radius 2 is 1.57 bits per heavy atom. The number of anilines is 1. The fourth-order valence-corrected chi connectivity index (χ4v) is 4.72. The summed E-state index contributed by atoms with van der Waals surface area (Å²) in [5.74, 6) is -0.749. The molecule has 0 bridgehead atoms. The highest BCUT2D eigenvalue weighted by Crippen LogP contribution is 2.26. The molecule has 9 heteroatoms. The molecule has 1 atom stereocenters. The van der Waals surface area contributed by atoms with Crippen LogP contribution in [-0.2, 0) is 31.6 Å². The highest BCUT2D eigenvalue weighted by Gasteiger charge is 2.31. The molecule has 0 aliphatic carbocycles. The number of sulfonamides is 1. The average Bonchev–Trinajstić information content (AvgIpc) is 2.77. The second-order valence-corrected chi connectivity index (χ2v) is 11.9. The zero-order valence-electron chi connectivity index (χ0n) is 21.3. The predicted molar refractivity (Wildman–Crippen MR) is 142 cm³/mol. The van der Waals surface area contributed by atoms with Crippen molar-refractivity contribution >= 4 is 39.1 Å². The third-order valence-corrected chi connectivity index (χ3v) is 7.10. The third kappa shape index (κ3) is 7.97. The van der Waals surface area contributed by atoms with Crippen molar-refractivity contribution in [3.05, 3.63) is 64.7 Å². The summed E-state index contributed by atoms with van der Waals surface area (Å²) in [6, 6.07) is 13.4. The molecule has 0 heterocycles. The van der Waals surface area contributed by atoms with Crippen LogP contribution in [0.15, 0.2) is 48.5 Å². The molecule has 0 aliphatic heterocycles. The summed E-state index contributed by atoms with van der Waals surface area (Å²) < 4.78 is 26.5. The maximum Gasteiger partial charge on any atom is 0.244 e. The minimum Gasteiger partial charge on any atom is -0.355 e. The van der Waals surface area contributed by atoms with Gasteiger partial charge in [-0.15, -0.1) is 0 Å². The molecule has 35 heavy (non-hydrogen) atoms. The molecule has 2 aromatic rings. The van der Waals surface area contributed by atoms with Crippen molar-refractivity contribution in [1.82, 2.24) is 10.2 Å². The number of benzene rings is 2. The smallest absolute Gasteiger partial charge is 0.244 e. The number of likely N-dealkylation sites (N-methyl/N-ethyl adjacent to an activating group) is 1. The number of hydrogen-bond acceptors (Lipinski definition) is 4. The second-order valence-electron chi connectivity index (χ2n) is 9.53. The summed E-state index contributed by atoms with van der Waals surface area (Å²) >= 11 is 6.00. The van der Waals surface area contributed by atoms with E-state index < -0.39 is 28.5 Å². The minimum atomic E-state index is -3.77. The van der Waals surface area contributed by atoms with Gasteiger partial charge in [0.15, 0.2) is 0 Å². The Balaban J connectivity index is 2.42. The van der Waals surface area contributed by atoms with Gasteiger partial charge < -0.3 is 10.2 Å². The summed E-state index contributed by atoms with van der Waals surface area (Å²) in [5.41, 5.74) is 2.13. The van der Waals surface area contributed by atoms with Crippen LogP contribution in [0.5, 0.6) is 0 Å². The maximum absolute atomic E-state index is 13.6. The largest absolute Gasteiger partial charge is 0.355 e. The lowest BCUT2D eigenvalue weighted by Crippen LogP contribution is -2.52. The van der Waals surface area contributed by atoms with Crippen LogP contribution in [0.3, 0.4) is 0 Å². The van der Waals surface area contributed by atoms with E-state index in [-0.39, 0.29) is 17.9 Å². The fraction of sp³-hybridized carbons (Fsp3) is 0.462. The van der Waals surface area contributed by atoms with E-state index in [0.717, 1.165) is 21.7 Å². The number of amides is 2. The molecule has 2 aromatic carbocycles. The fourth-order valence-electron chi connectivity index (χ4n) is 3.74. The number of carbonyl (C=O) groups excluding carboxylic acids is 2. The van der Waals surface area contributed by atoms with Crippen LogP contribution < -0.4 is 9.62 Å². The van der Waals surface area contributed by atoms with E-state index in [9.17, 15) is 18.0 Å². The van der Waals surface area contributed by atoms with Crippen LogP contribution in [0.1, 0.15) is 52.2 Å². The van der Waals surface area contributed by atoms with Crippen molar-refractivity contribution in [3.8, 4) is 0 Å². The lowest BCUT2D eigenvalue weighted by molar-refractivity contribution is -0.140. The molecule has 0 fully saturated rings. The van der Waals surface area contributed by atoms with Crippen LogP contribution >= 0.6 is 11.6 Å². The molecule has 192 valence electrons. The Morgan fingerprint density at radius 3 is 2.03 bits per heavy atom. The molecule has 1 N–H and O–H groups in total. The first-order valence-corrected chi connectivity index (χ1v) is 13.9. The lowest BCUT2D eigenvalue weighted by Gasteiger charge is -2.33. The van der Waals surface area contributed by atoms with Gasteiger partial charge in [0.05, 0.1) is 11.9 Å². The summed E-state index contributed by atoms with van der Waals surface area (Å²) in [5, 5.41) is 3.34. The summed E-state index contributed by atoms with van der Waals surface area (Å²) in [7, 11) is -3.77. The SMILES string of the molecule is CCNC(=O)[C@@H](CC)N(Cc1ccc(Cl)cc1)C(=O)CN(c1ccc(C(C)(C)C)cc1)S(C)(=O)=O.